The molecule has 0 aliphatic heterocycles. The molecule has 0 amide bonds. The molecule has 0 aromatic rings. The lowest BCUT2D eigenvalue weighted by Gasteiger charge is -2.57. The van der Waals surface area contributed by atoms with Crippen molar-refractivity contribution in [1.29, 1.82) is 0 Å². The number of carbonyl (C=O) groups is 2. The van der Waals surface area contributed by atoms with Crippen LogP contribution in [-0.4, -0.2) is 23.1 Å². The van der Waals surface area contributed by atoms with Crippen molar-refractivity contribution < 1.29 is 19.4 Å². The first kappa shape index (κ1) is 18.1. The summed E-state index contributed by atoms with van der Waals surface area (Å²) in [5.74, 6) is 0.901. The van der Waals surface area contributed by atoms with E-state index in [4.69, 9.17) is 4.74 Å². The van der Waals surface area contributed by atoms with E-state index < -0.39 is 5.97 Å². The number of esters is 1. The maximum atomic E-state index is 11.8. The van der Waals surface area contributed by atoms with Crippen molar-refractivity contribution in [2.75, 3.05) is 0 Å². The summed E-state index contributed by atoms with van der Waals surface area (Å²) in [6, 6.07) is 0. The van der Waals surface area contributed by atoms with Crippen LogP contribution in [0, 0.1) is 34.5 Å². The van der Waals surface area contributed by atoms with Crippen molar-refractivity contribution in [2.45, 2.75) is 78.2 Å². The molecular formula is C22H32O4. The van der Waals surface area contributed by atoms with Crippen LogP contribution in [0.1, 0.15) is 72.1 Å². The van der Waals surface area contributed by atoms with E-state index in [0.717, 1.165) is 51.4 Å². The maximum absolute atomic E-state index is 11.8. The van der Waals surface area contributed by atoms with Crippen molar-refractivity contribution in [3.63, 3.8) is 0 Å². The quantitative estimate of drug-likeness (QED) is 0.578. The van der Waals surface area contributed by atoms with Crippen LogP contribution in [0.2, 0.25) is 0 Å². The van der Waals surface area contributed by atoms with Gasteiger partial charge in [-0.25, -0.2) is 0 Å². The van der Waals surface area contributed by atoms with Gasteiger partial charge < -0.3 is 9.84 Å². The molecular weight excluding hydrogens is 328 g/mol. The Bertz CT molecular complexity index is 653. The summed E-state index contributed by atoms with van der Waals surface area (Å²) in [4.78, 5) is 23.1. The molecule has 4 aliphatic rings. The molecule has 0 saturated heterocycles. The molecule has 4 heteroatoms. The third-order valence-corrected chi connectivity index (χ3v) is 8.69. The molecule has 0 radical (unpaired) electrons. The Morgan fingerprint density at radius 2 is 1.88 bits per heavy atom. The Morgan fingerprint density at radius 3 is 2.58 bits per heavy atom. The summed E-state index contributed by atoms with van der Waals surface area (Å²) in [7, 11) is 0. The number of allylic oxidation sites excluding steroid dienone is 1. The molecule has 4 aliphatic carbocycles. The Kier molecular flexibility index (Phi) is 4.24. The van der Waals surface area contributed by atoms with Crippen LogP contribution >= 0.6 is 0 Å². The largest absolute Gasteiger partial charge is 0.481 e. The average molecular weight is 360 g/mol. The summed E-state index contributed by atoms with van der Waals surface area (Å²) in [6.45, 7) is 6.17. The molecule has 1 N–H and O–H groups in total. The van der Waals surface area contributed by atoms with Gasteiger partial charge in [-0.15, -0.1) is 0 Å². The van der Waals surface area contributed by atoms with E-state index in [0.29, 0.717) is 17.8 Å². The van der Waals surface area contributed by atoms with Crippen LogP contribution < -0.4 is 0 Å². The van der Waals surface area contributed by atoms with E-state index >= 15 is 0 Å². The highest BCUT2D eigenvalue weighted by molar-refractivity contribution is 5.71. The molecule has 0 unspecified atom stereocenters. The van der Waals surface area contributed by atoms with Crippen LogP contribution in [-0.2, 0) is 14.3 Å². The van der Waals surface area contributed by atoms with E-state index in [-0.39, 0.29) is 28.8 Å². The van der Waals surface area contributed by atoms with Gasteiger partial charge in [-0.3, -0.25) is 9.59 Å². The van der Waals surface area contributed by atoms with Gasteiger partial charge in [-0.05, 0) is 73.5 Å². The van der Waals surface area contributed by atoms with Gasteiger partial charge in [0.2, 0.25) is 0 Å². The molecule has 4 rings (SSSR count). The van der Waals surface area contributed by atoms with Crippen molar-refractivity contribution in [1.82, 2.24) is 0 Å². The van der Waals surface area contributed by atoms with E-state index in [9.17, 15) is 14.7 Å². The van der Waals surface area contributed by atoms with Crippen LogP contribution in [0.15, 0.2) is 11.6 Å². The van der Waals surface area contributed by atoms with E-state index in [2.05, 4.69) is 19.9 Å². The highest BCUT2D eigenvalue weighted by atomic mass is 16.5. The average Bonchev–Trinajstić information content (AvgIpc) is 2.92. The second kappa shape index (κ2) is 6.10. The van der Waals surface area contributed by atoms with Crippen molar-refractivity contribution in [2.24, 2.45) is 34.5 Å². The Labute approximate surface area is 156 Å². The Morgan fingerprint density at radius 1 is 1.12 bits per heavy atom. The van der Waals surface area contributed by atoms with Gasteiger partial charge in [0.25, 0.3) is 0 Å². The highest BCUT2D eigenvalue weighted by Crippen LogP contribution is 2.66. The van der Waals surface area contributed by atoms with Crippen molar-refractivity contribution >= 4 is 11.9 Å². The summed E-state index contributed by atoms with van der Waals surface area (Å²) in [5.41, 5.74) is 1.68. The number of carbonyl (C=O) groups excluding carboxylic acids is 1. The maximum Gasteiger partial charge on any atom is 0.307 e. The predicted octanol–water partition coefficient (Wildman–Crippen LogP) is 4.58. The standard InChI is InChI=1S/C22H32O4/c1-13(23)26-15-8-10-21(2)14(12-15)4-5-16-17-6-7-19(20(24)25)22(17,3)11-9-18(16)21/h4,15-19H,5-12H2,1-3H3,(H,24,25)/t15-,16-,17+,18-,19-,21+,22-/m0/s1. The second-order valence-corrected chi connectivity index (χ2v) is 9.75. The van der Waals surface area contributed by atoms with Crippen LogP contribution in [0.25, 0.3) is 0 Å². The number of aliphatic carboxylic acids is 1. The topological polar surface area (TPSA) is 63.6 Å². The third-order valence-electron chi connectivity index (χ3n) is 8.69. The molecule has 3 saturated carbocycles. The SMILES string of the molecule is CC(=O)O[C@H]1CC[C@]2(C)C(=CC[C@H]3[C@H]4CC[C@@H](C(=O)O)[C@@]4(C)CC[C@@H]32)C1. The fourth-order valence-electron chi connectivity index (χ4n) is 7.37. The van der Waals surface area contributed by atoms with Gasteiger partial charge in [-0.1, -0.05) is 25.5 Å². The summed E-state index contributed by atoms with van der Waals surface area (Å²) in [6.07, 6.45) is 10.6. The molecule has 0 aromatic heterocycles. The number of fused-ring (bicyclic) bond motifs is 5. The first-order valence-electron chi connectivity index (χ1n) is 10.4. The van der Waals surface area contributed by atoms with Crippen LogP contribution in [0.3, 0.4) is 0 Å². The van der Waals surface area contributed by atoms with E-state index in [1.807, 2.05) is 0 Å². The number of hydrogen-bond acceptors (Lipinski definition) is 3. The molecule has 0 bridgehead atoms. The smallest absolute Gasteiger partial charge is 0.307 e. The van der Waals surface area contributed by atoms with Crippen LogP contribution in [0.4, 0.5) is 0 Å². The highest BCUT2D eigenvalue weighted by Gasteiger charge is 2.60. The van der Waals surface area contributed by atoms with Crippen molar-refractivity contribution in [3.05, 3.63) is 11.6 Å². The molecule has 7 atom stereocenters. The van der Waals surface area contributed by atoms with Crippen LogP contribution in [0.5, 0.6) is 0 Å². The predicted molar refractivity (Wildman–Crippen MR) is 98.4 cm³/mol. The lowest BCUT2D eigenvalue weighted by atomic mass is 9.47. The molecule has 0 heterocycles. The van der Waals surface area contributed by atoms with Gasteiger partial charge in [0, 0.05) is 13.3 Å². The molecule has 0 spiro atoms. The van der Waals surface area contributed by atoms with Gasteiger partial charge in [-0.2, -0.15) is 0 Å². The van der Waals surface area contributed by atoms with E-state index in [1.165, 1.54) is 12.5 Å². The van der Waals surface area contributed by atoms with Gasteiger partial charge in [0.05, 0.1) is 5.92 Å². The first-order valence-corrected chi connectivity index (χ1v) is 10.4. The lowest BCUT2D eigenvalue weighted by molar-refractivity contribution is -0.151. The van der Waals surface area contributed by atoms with Gasteiger partial charge in [0.1, 0.15) is 6.10 Å². The molecule has 26 heavy (non-hydrogen) atoms. The minimum Gasteiger partial charge on any atom is -0.481 e. The number of carboxylic acid groups (broad SMARTS) is 1. The zero-order valence-electron chi connectivity index (χ0n) is 16.3. The Hall–Kier alpha value is -1.32. The van der Waals surface area contributed by atoms with Gasteiger partial charge >= 0.3 is 11.9 Å². The fourth-order valence-corrected chi connectivity index (χ4v) is 7.37. The third kappa shape index (κ3) is 2.55. The fraction of sp³-hybridized carbons (Fsp3) is 0.818. The minimum absolute atomic E-state index is 0.0242. The molecule has 144 valence electrons. The zero-order chi connectivity index (χ0) is 18.7. The summed E-state index contributed by atoms with van der Waals surface area (Å²) in [5, 5.41) is 9.70. The number of carboxylic acids is 1. The summed E-state index contributed by atoms with van der Waals surface area (Å²) < 4.78 is 5.50. The van der Waals surface area contributed by atoms with Gasteiger partial charge in [0.15, 0.2) is 0 Å². The zero-order valence-corrected chi connectivity index (χ0v) is 16.3. The molecule has 0 aromatic carbocycles. The molecule has 3 fully saturated rings. The van der Waals surface area contributed by atoms with E-state index in [1.54, 1.807) is 0 Å². The van der Waals surface area contributed by atoms with Crippen molar-refractivity contribution in [3.8, 4) is 0 Å². The Balaban J connectivity index is 1.59. The molecule has 4 nitrogen and oxygen atoms in total. The normalized spacial score (nSPS) is 47.2. The number of hydrogen-bond donors (Lipinski definition) is 1. The number of rotatable bonds is 2. The first-order chi connectivity index (χ1) is 12.3. The minimum atomic E-state index is -0.589. The lowest BCUT2D eigenvalue weighted by Crippen LogP contribution is -2.51. The summed E-state index contributed by atoms with van der Waals surface area (Å²) >= 11 is 0. The second-order valence-electron chi connectivity index (χ2n) is 9.75. The number of ether oxygens (including phenoxy) is 1. The monoisotopic (exact) mass is 360 g/mol.